The zero-order chi connectivity index (χ0) is 16.2. The topological polar surface area (TPSA) is 38.8 Å². The smallest absolute Gasteiger partial charge is 0.410 e. The first kappa shape index (κ1) is 17.2. The number of carbonyl (C=O) groups excluding carboxylic acids is 1. The van der Waals surface area contributed by atoms with Crippen LogP contribution in [0.2, 0.25) is 0 Å². The molecule has 1 saturated heterocycles. The third kappa shape index (κ3) is 5.21. The molecule has 0 bridgehead atoms. The number of rotatable bonds is 4. The Kier molecular flexibility index (Phi) is 5.75. The van der Waals surface area contributed by atoms with Crippen LogP contribution in [0.5, 0.6) is 0 Å². The lowest BCUT2D eigenvalue weighted by Crippen LogP contribution is -2.41. The number of benzene rings is 1. The van der Waals surface area contributed by atoms with Gasteiger partial charge in [-0.3, -0.25) is 0 Å². The molecule has 0 spiro atoms. The molecule has 1 aliphatic heterocycles. The van der Waals surface area contributed by atoms with E-state index in [-0.39, 0.29) is 12.1 Å². The largest absolute Gasteiger partial charge is 0.444 e. The van der Waals surface area contributed by atoms with Crippen molar-refractivity contribution < 1.29 is 13.7 Å². The van der Waals surface area contributed by atoms with Gasteiger partial charge in [0.1, 0.15) is 5.60 Å². The van der Waals surface area contributed by atoms with Crippen molar-refractivity contribution in [2.24, 2.45) is 0 Å². The molecule has 4 nitrogen and oxygen atoms in total. The Morgan fingerprint density at radius 1 is 1.32 bits per heavy atom. The van der Waals surface area contributed by atoms with Gasteiger partial charge >= 0.3 is 6.09 Å². The van der Waals surface area contributed by atoms with Gasteiger partial charge in [0.15, 0.2) is 0 Å². The molecule has 5 heteroatoms. The Morgan fingerprint density at radius 3 is 2.64 bits per heavy atom. The van der Waals surface area contributed by atoms with Crippen molar-refractivity contribution in [3.63, 3.8) is 0 Å². The highest BCUT2D eigenvalue weighted by molar-refractivity contribution is 7.94. The Balaban J connectivity index is 1.81. The molecule has 1 heterocycles. The second-order valence-corrected chi connectivity index (χ2v) is 7.52. The van der Waals surface area contributed by atoms with E-state index >= 15 is 0 Å². The van der Waals surface area contributed by atoms with Crippen molar-refractivity contribution >= 4 is 18.1 Å². The highest BCUT2D eigenvalue weighted by atomic mass is 32.2. The molecular weight excluding hydrogens is 298 g/mol. The Bertz CT molecular complexity index is 496. The minimum absolute atomic E-state index is 0.104. The van der Waals surface area contributed by atoms with Crippen LogP contribution in [-0.4, -0.2) is 35.8 Å². The standard InChI is InChI=1S/C17H25NO3S/c1-13-7-9-15(10-8-13)22-20-12-14-6-5-11-18(14)16(19)21-17(2,3)4/h7-10,14H,5-6,11-12H2,1-4H3. The molecule has 0 aliphatic carbocycles. The molecule has 0 radical (unpaired) electrons. The van der Waals surface area contributed by atoms with E-state index in [1.54, 1.807) is 4.90 Å². The highest BCUT2D eigenvalue weighted by Gasteiger charge is 2.32. The van der Waals surface area contributed by atoms with Crippen molar-refractivity contribution in [1.29, 1.82) is 0 Å². The quantitative estimate of drug-likeness (QED) is 0.769. The van der Waals surface area contributed by atoms with E-state index in [1.807, 2.05) is 32.9 Å². The first-order chi connectivity index (χ1) is 10.3. The van der Waals surface area contributed by atoms with Gasteiger partial charge in [-0.15, -0.1) is 0 Å². The number of hydrogen-bond acceptors (Lipinski definition) is 4. The number of hydrogen-bond donors (Lipinski definition) is 0. The maximum absolute atomic E-state index is 12.2. The summed E-state index contributed by atoms with van der Waals surface area (Å²) in [6.07, 6.45) is 1.73. The molecule has 1 aromatic carbocycles. The molecule has 1 fully saturated rings. The first-order valence-corrected chi connectivity index (χ1v) is 8.45. The predicted octanol–water partition coefficient (Wildman–Crippen LogP) is 4.42. The van der Waals surface area contributed by atoms with E-state index in [0.717, 1.165) is 24.3 Å². The molecule has 0 N–H and O–H groups in total. The summed E-state index contributed by atoms with van der Waals surface area (Å²) in [4.78, 5) is 15.1. The fraction of sp³-hybridized carbons (Fsp3) is 0.588. The minimum Gasteiger partial charge on any atom is -0.444 e. The molecule has 1 atom stereocenters. The van der Waals surface area contributed by atoms with Crippen molar-refractivity contribution in [2.75, 3.05) is 13.2 Å². The summed E-state index contributed by atoms with van der Waals surface area (Å²) in [5.74, 6) is 0. The molecule has 1 aromatic rings. The molecule has 0 saturated carbocycles. The summed E-state index contributed by atoms with van der Waals surface area (Å²) in [6.45, 7) is 9.00. The zero-order valence-corrected chi connectivity index (χ0v) is 14.6. The lowest BCUT2D eigenvalue weighted by Gasteiger charge is -2.28. The Labute approximate surface area is 137 Å². The SMILES string of the molecule is Cc1ccc(SOCC2CCCN2C(=O)OC(C)(C)C)cc1. The number of likely N-dealkylation sites (tertiary alicyclic amines) is 1. The lowest BCUT2D eigenvalue weighted by atomic mass is 10.2. The third-order valence-electron chi connectivity index (χ3n) is 3.44. The molecule has 122 valence electrons. The fourth-order valence-electron chi connectivity index (χ4n) is 2.34. The molecule has 1 amide bonds. The van der Waals surface area contributed by atoms with Crippen LogP contribution in [0.3, 0.4) is 0 Å². The van der Waals surface area contributed by atoms with Crippen LogP contribution >= 0.6 is 12.0 Å². The predicted molar refractivity (Wildman–Crippen MR) is 89.0 cm³/mol. The minimum atomic E-state index is -0.457. The van der Waals surface area contributed by atoms with Gasteiger partial charge in [-0.05, 0) is 52.7 Å². The molecule has 1 aliphatic rings. The maximum Gasteiger partial charge on any atom is 0.410 e. The summed E-state index contributed by atoms with van der Waals surface area (Å²) >= 11 is 1.36. The van der Waals surface area contributed by atoms with Gasteiger partial charge in [0.2, 0.25) is 0 Å². The molecule has 1 unspecified atom stereocenters. The Hall–Kier alpha value is -1.20. The average molecular weight is 323 g/mol. The summed E-state index contributed by atoms with van der Waals surface area (Å²) in [6, 6.07) is 8.32. The number of ether oxygens (including phenoxy) is 1. The summed E-state index contributed by atoms with van der Waals surface area (Å²) in [5, 5.41) is 0. The van der Waals surface area contributed by atoms with Crippen LogP contribution in [-0.2, 0) is 8.92 Å². The van der Waals surface area contributed by atoms with Gasteiger partial charge < -0.3 is 13.8 Å². The van der Waals surface area contributed by atoms with Gasteiger partial charge in [-0.25, -0.2) is 4.79 Å². The van der Waals surface area contributed by atoms with E-state index in [4.69, 9.17) is 8.92 Å². The lowest BCUT2D eigenvalue weighted by molar-refractivity contribution is 0.0194. The number of carbonyl (C=O) groups is 1. The van der Waals surface area contributed by atoms with E-state index in [1.165, 1.54) is 17.6 Å². The van der Waals surface area contributed by atoms with Gasteiger partial charge in [-0.1, -0.05) is 17.7 Å². The summed E-state index contributed by atoms with van der Waals surface area (Å²) < 4.78 is 11.2. The Morgan fingerprint density at radius 2 is 2.00 bits per heavy atom. The highest BCUT2D eigenvalue weighted by Crippen LogP contribution is 2.25. The molecule has 0 aromatic heterocycles. The number of aryl methyl sites for hydroxylation is 1. The maximum atomic E-state index is 12.2. The summed E-state index contributed by atoms with van der Waals surface area (Å²) in [7, 11) is 0. The van der Waals surface area contributed by atoms with Crippen molar-refractivity contribution in [3.05, 3.63) is 29.8 Å². The van der Waals surface area contributed by atoms with Crippen molar-refractivity contribution in [3.8, 4) is 0 Å². The van der Waals surface area contributed by atoms with Gasteiger partial charge in [0.05, 0.1) is 12.6 Å². The van der Waals surface area contributed by atoms with Crippen LogP contribution in [0.4, 0.5) is 4.79 Å². The monoisotopic (exact) mass is 323 g/mol. The number of nitrogens with zero attached hydrogens (tertiary/aromatic N) is 1. The van der Waals surface area contributed by atoms with Crippen LogP contribution in [0.1, 0.15) is 39.2 Å². The van der Waals surface area contributed by atoms with Gasteiger partial charge in [0, 0.05) is 23.5 Å². The van der Waals surface area contributed by atoms with Crippen molar-refractivity contribution in [1.82, 2.24) is 4.90 Å². The van der Waals surface area contributed by atoms with Gasteiger partial charge in [0.25, 0.3) is 0 Å². The third-order valence-corrected chi connectivity index (χ3v) is 4.16. The molecule has 22 heavy (non-hydrogen) atoms. The van der Waals surface area contributed by atoms with E-state index in [0.29, 0.717) is 6.61 Å². The van der Waals surface area contributed by atoms with Crippen LogP contribution in [0, 0.1) is 6.92 Å². The van der Waals surface area contributed by atoms with E-state index in [2.05, 4.69) is 19.1 Å². The molecular formula is C17H25NO3S. The van der Waals surface area contributed by atoms with E-state index in [9.17, 15) is 4.79 Å². The van der Waals surface area contributed by atoms with Crippen LogP contribution in [0.25, 0.3) is 0 Å². The normalized spacial score (nSPS) is 18.5. The average Bonchev–Trinajstić information content (AvgIpc) is 2.88. The van der Waals surface area contributed by atoms with Gasteiger partial charge in [-0.2, -0.15) is 0 Å². The van der Waals surface area contributed by atoms with Crippen LogP contribution < -0.4 is 0 Å². The zero-order valence-electron chi connectivity index (χ0n) is 13.8. The van der Waals surface area contributed by atoms with Crippen molar-refractivity contribution in [2.45, 2.75) is 57.1 Å². The van der Waals surface area contributed by atoms with E-state index < -0.39 is 5.60 Å². The summed E-state index contributed by atoms with van der Waals surface area (Å²) in [5.41, 5.74) is 0.776. The fourth-order valence-corrected chi connectivity index (χ4v) is 2.95. The molecule has 2 rings (SSSR count). The second-order valence-electron chi connectivity index (χ2n) is 6.65. The number of amides is 1. The van der Waals surface area contributed by atoms with Crippen LogP contribution in [0.15, 0.2) is 29.2 Å². The second kappa shape index (κ2) is 7.38. The first-order valence-electron chi connectivity index (χ1n) is 7.71.